The van der Waals surface area contributed by atoms with Gasteiger partial charge in [0.15, 0.2) is 5.82 Å². The molecule has 0 radical (unpaired) electrons. The lowest BCUT2D eigenvalue weighted by Crippen LogP contribution is -2.05. The van der Waals surface area contributed by atoms with Crippen molar-refractivity contribution < 1.29 is 0 Å². The van der Waals surface area contributed by atoms with E-state index in [0.29, 0.717) is 5.82 Å². The van der Waals surface area contributed by atoms with Crippen LogP contribution in [0.3, 0.4) is 0 Å². The van der Waals surface area contributed by atoms with Gasteiger partial charge in [0.1, 0.15) is 5.82 Å². The van der Waals surface area contributed by atoms with E-state index in [1.807, 2.05) is 30.3 Å². The predicted octanol–water partition coefficient (Wildman–Crippen LogP) is 7.10. The summed E-state index contributed by atoms with van der Waals surface area (Å²) >= 11 is 0. The van der Waals surface area contributed by atoms with Crippen LogP contribution in [0.4, 0.5) is 0 Å². The summed E-state index contributed by atoms with van der Waals surface area (Å²) in [6.45, 7) is 2.94. The second kappa shape index (κ2) is 10.2. The Balaban J connectivity index is 1.24. The predicted molar refractivity (Wildman–Crippen MR) is 159 cm³/mol. The molecule has 0 unspecified atom stereocenters. The van der Waals surface area contributed by atoms with Gasteiger partial charge < -0.3 is 4.57 Å². The third-order valence-corrected chi connectivity index (χ3v) is 7.33. The molecule has 3 heterocycles. The third-order valence-electron chi connectivity index (χ3n) is 7.33. The highest BCUT2D eigenvalue weighted by Crippen LogP contribution is 2.31. The molecule has 0 atom stereocenters. The number of fused-ring (bicyclic) bond motifs is 2. The highest BCUT2D eigenvalue weighted by molar-refractivity contribution is 5.85. The van der Waals surface area contributed by atoms with Crippen LogP contribution in [0, 0.1) is 0 Å². The fourth-order valence-corrected chi connectivity index (χ4v) is 5.34. The molecule has 7 rings (SSSR count). The molecule has 3 aromatic heterocycles. The number of nitrogens with zero attached hydrogens (tertiary/aromatic N) is 6. The van der Waals surface area contributed by atoms with E-state index in [9.17, 15) is 0 Å². The molecular formula is C33H27N7. The smallest absolute Gasteiger partial charge is 0.180 e. The Bertz CT molecular complexity index is 1940. The lowest BCUT2D eigenvalue weighted by Gasteiger charge is -2.12. The van der Waals surface area contributed by atoms with E-state index in [1.54, 1.807) is 0 Å². The molecule has 7 aromatic rings. The maximum atomic E-state index is 5.01. The van der Waals surface area contributed by atoms with Crippen molar-refractivity contribution in [2.24, 2.45) is 0 Å². The number of rotatable bonds is 7. The summed E-state index contributed by atoms with van der Waals surface area (Å²) in [5, 5.41) is 15.6. The number of pyridine rings is 1. The molecule has 0 saturated carbocycles. The normalized spacial score (nSPS) is 11.4. The zero-order valence-corrected chi connectivity index (χ0v) is 22.1. The quantitative estimate of drug-likeness (QED) is 0.242. The van der Waals surface area contributed by atoms with Crippen molar-refractivity contribution in [3.63, 3.8) is 0 Å². The summed E-state index contributed by atoms with van der Waals surface area (Å²) in [4.78, 5) is 9.94. The van der Waals surface area contributed by atoms with Gasteiger partial charge in [0.2, 0.25) is 0 Å². The van der Waals surface area contributed by atoms with Gasteiger partial charge in [-0.2, -0.15) is 0 Å². The summed E-state index contributed by atoms with van der Waals surface area (Å²) in [5.74, 6) is 1.76. The van der Waals surface area contributed by atoms with Gasteiger partial charge in [-0.3, -0.25) is 0 Å². The maximum absolute atomic E-state index is 5.01. The summed E-state index contributed by atoms with van der Waals surface area (Å²) in [6, 6.07) is 35.8. The van der Waals surface area contributed by atoms with Crippen LogP contribution >= 0.6 is 0 Å². The minimum absolute atomic E-state index is 0.658. The molecule has 4 aromatic carbocycles. The van der Waals surface area contributed by atoms with E-state index in [2.05, 4.69) is 105 Å². The molecule has 7 heteroatoms. The number of benzene rings is 4. The second-order valence-electron chi connectivity index (χ2n) is 9.95. The van der Waals surface area contributed by atoms with Gasteiger partial charge in [0, 0.05) is 29.5 Å². The molecule has 0 saturated heterocycles. The Morgan fingerprint density at radius 3 is 2.35 bits per heavy atom. The Morgan fingerprint density at radius 2 is 1.52 bits per heavy atom. The highest BCUT2D eigenvalue weighted by Gasteiger charge is 2.14. The van der Waals surface area contributed by atoms with Gasteiger partial charge in [-0.1, -0.05) is 85.8 Å². The molecule has 0 fully saturated rings. The first-order valence-electron chi connectivity index (χ1n) is 13.5. The van der Waals surface area contributed by atoms with Gasteiger partial charge in [-0.15, -0.1) is 5.10 Å². The van der Waals surface area contributed by atoms with Crippen molar-refractivity contribution in [3.8, 4) is 33.8 Å². The van der Waals surface area contributed by atoms with Crippen molar-refractivity contribution in [1.29, 1.82) is 0 Å². The lowest BCUT2D eigenvalue weighted by molar-refractivity contribution is 0.722. The number of para-hydroxylation sites is 1. The van der Waals surface area contributed by atoms with Crippen molar-refractivity contribution in [2.75, 3.05) is 0 Å². The van der Waals surface area contributed by atoms with Gasteiger partial charge in [-0.25, -0.2) is 15.1 Å². The van der Waals surface area contributed by atoms with E-state index in [-0.39, 0.29) is 0 Å². The first-order chi connectivity index (χ1) is 19.8. The molecule has 0 amide bonds. The Kier molecular flexibility index (Phi) is 6.09. The maximum Gasteiger partial charge on any atom is 0.180 e. The summed E-state index contributed by atoms with van der Waals surface area (Å²) in [5.41, 5.74) is 9.59. The molecule has 0 bridgehead atoms. The van der Waals surface area contributed by atoms with Crippen LogP contribution < -0.4 is 0 Å². The van der Waals surface area contributed by atoms with Crippen LogP contribution in [0.1, 0.15) is 24.7 Å². The molecule has 0 aliphatic rings. The molecule has 194 valence electrons. The first-order valence-corrected chi connectivity index (χ1v) is 13.5. The van der Waals surface area contributed by atoms with E-state index in [4.69, 9.17) is 9.97 Å². The lowest BCUT2D eigenvalue weighted by atomic mass is 9.98. The number of H-pyrrole nitrogens is 1. The van der Waals surface area contributed by atoms with E-state index < -0.39 is 0 Å². The van der Waals surface area contributed by atoms with Crippen molar-refractivity contribution >= 4 is 21.9 Å². The molecular weight excluding hydrogens is 494 g/mol. The van der Waals surface area contributed by atoms with E-state index in [0.717, 1.165) is 75.1 Å². The minimum Gasteiger partial charge on any atom is -0.323 e. The van der Waals surface area contributed by atoms with Gasteiger partial charge in [-0.05, 0) is 57.8 Å². The average molecular weight is 522 g/mol. The molecule has 0 aliphatic heterocycles. The number of hydrogen-bond acceptors (Lipinski definition) is 5. The van der Waals surface area contributed by atoms with Gasteiger partial charge in [0.25, 0.3) is 0 Å². The number of imidazole rings is 1. The van der Waals surface area contributed by atoms with Crippen LogP contribution in [0.5, 0.6) is 0 Å². The Hall–Kier alpha value is -5.17. The van der Waals surface area contributed by atoms with Crippen LogP contribution in [0.25, 0.3) is 55.7 Å². The number of nitrogens with one attached hydrogen (secondary N) is 1. The summed E-state index contributed by atoms with van der Waals surface area (Å²) in [6.07, 6.45) is 1.96. The number of aromatic nitrogens is 7. The zero-order valence-electron chi connectivity index (χ0n) is 22.1. The SMILES string of the molecule is CCCc1nc2ccc(-c3ccc4ccccc4n3)cc2n1Cc1ccc(-c2ccccc2-c2nnn[nH]2)cc1. The first kappa shape index (κ1) is 23.9. The van der Waals surface area contributed by atoms with Gasteiger partial charge >= 0.3 is 0 Å². The number of aromatic amines is 1. The summed E-state index contributed by atoms with van der Waals surface area (Å²) < 4.78 is 2.35. The van der Waals surface area contributed by atoms with Crippen LogP contribution in [0.15, 0.2) is 103 Å². The van der Waals surface area contributed by atoms with Crippen molar-refractivity contribution in [2.45, 2.75) is 26.3 Å². The Morgan fingerprint density at radius 1 is 0.725 bits per heavy atom. The zero-order chi connectivity index (χ0) is 26.9. The molecule has 40 heavy (non-hydrogen) atoms. The van der Waals surface area contributed by atoms with E-state index >= 15 is 0 Å². The third kappa shape index (κ3) is 4.41. The number of hydrogen-bond donors (Lipinski definition) is 1. The Labute approximate surface area is 231 Å². The van der Waals surface area contributed by atoms with Crippen molar-refractivity contribution in [3.05, 3.63) is 115 Å². The van der Waals surface area contributed by atoms with Crippen molar-refractivity contribution in [1.82, 2.24) is 35.2 Å². The largest absolute Gasteiger partial charge is 0.323 e. The average Bonchev–Trinajstić information content (AvgIpc) is 3.66. The topological polar surface area (TPSA) is 85.2 Å². The second-order valence-corrected chi connectivity index (χ2v) is 9.95. The molecule has 0 spiro atoms. The summed E-state index contributed by atoms with van der Waals surface area (Å²) in [7, 11) is 0. The molecule has 0 aliphatic carbocycles. The van der Waals surface area contributed by atoms with Gasteiger partial charge in [0.05, 0.1) is 22.2 Å². The monoisotopic (exact) mass is 521 g/mol. The van der Waals surface area contributed by atoms with E-state index in [1.165, 1.54) is 5.56 Å². The minimum atomic E-state index is 0.658. The fraction of sp³-hybridized carbons (Fsp3) is 0.121. The van der Waals surface area contributed by atoms with Crippen LogP contribution in [-0.4, -0.2) is 35.2 Å². The molecule has 1 N–H and O–H groups in total. The van der Waals surface area contributed by atoms with Crippen LogP contribution in [0.2, 0.25) is 0 Å². The van der Waals surface area contributed by atoms with Crippen LogP contribution in [-0.2, 0) is 13.0 Å². The molecule has 7 nitrogen and oxygen atoms in total. The highest BCUT2D eigenvalue weighted by atomic mass is 15.5. The standard InChI is InChI=1S/C33H27N7/c1-2-7-32-35-30-19-17-25(29-18-16-24-8-3-6-11-28(24)34-29)20-31(30)40(32)21-22-12-14-23(15-13-22)26-9-4-5-10-27(26)33-36-38-39-37-33/h3-6,8-20H,2,7,21H2,1H3,(H,36,37,38,39). The number of tetrazole rings is 1. The number of aryl methyl sites for hydroxylation is 1. The fourth-order valence-electron chi connectivity index (χ4n) is 5.34.